The lowest BCUT2D eigenvalue weighted by molar-refractivity contribution is 0.283. The normalized spacial score (nSPS) is 15.6. The van der Waals surface area contributed by atoms with Crippen LogP contribution in [0.15, 0.2) is 67.3 Å². The molecule has 1 aliphatic rings. The van der Waals surface area contributed by atoms with Gasteiger partial charge in [0.05, 0.1) is 0 Å². The zero-order valence-corrected chi connectivity index (χ0v) is 14.6. The van der Waals surface area contributed by atoms with E-state index in [0.717, 1.165) is 44.4 Å². The number of piperazine rings is 1. The lowest BCUT2D eigenvalue weighted by Crippen LogP contribution is -2.46. The van der Waals surface area contributed by atoms with Crippen LogP contribution in [0.5, 0.6) is 0 Å². The van der Waals surface area contributed by atoms with Gasteiger partial charge in [0, 0.05) is 51.2 Å². The molecule has 0 unspecified atom stereocenters. The summed E-state index contributed by atoms with van der Waals surface area (Å²) in [5, 5.41) is 4.24. The van der Waals surface area contributed by atoms with Crippen LogP contribution in [0.1, 0.15) is 5.56 Å². The largest absolute Gasteiger partial charge is 0.354 e. The van der Waals surface area contributed by atoms with Gasteiger partial charge in [0.2, 0.25) is 0 Å². The van der Waals surface area contributed by atoms with Gasteiger partial charge in [-0.1, -0.05) is 42.5 Å². The summed E-state index contributed by atoms with van der Waals surface area (Å²) in [5.41, 5.74) is 1.25. The molecule has 0 atom stereocenters. The third-order valence-electron chi connectivity index (χ3n) is 4.55. The van der Waals surface area contributed by atoms with E-state index in [4.69, 9.17) is 0 Å². The van der Waals surface area contributed by atoms with Crippen molar-refractivity contribution >= 4 is 11.9 Å². The molecule has 0 bridgehead atoms. The van der Waals surface area contributed by atoms with E-state index >= 15 is 0 Å². The van der Waals surface area contributed by atoms with Gasteiger partial charge < -0.3 is 4.90 Å². The van der Waals surface area contributed by atoms with Gasteiger partial charge in [0.1, 0.15) is 12.1 Å². The van der Waals surface area contributed by atoms with Gasteiger partial charge in [0.15, 0.2) is 5.82 Å². The highest BCUT2D eigenvalue weighted by Crippen LogP contribution is 2.15. The predicted octanol–water partition coefficient (Wildman–Crippen LogP) is 2.50. The molecule has 0 aliphatic carbocycles. The summed E-state index contributed by atoms with van der Waals surface area (Å²) in [6.45, 7) is 4.97. The molecule has 0 saturated carbocycles. The number of nitrogens with zero attached hydrogens (tertiary/aromatic N) is 6. The van der Waals surface area contributed by atoms with Gasteiger partial charge in [0.25, 0.3) is 0 Å². The Bertz CT molecular complexity index is 836. The van der Waals surface area contributed by atoms with E-state index < -0.39 is 0 Å². The van der Waals surface area contributed by atoms with E-state index in [1.807, 2.05) is 24.4 Å². The maximum atomic E-state index is 4.44. The Morgan fingerprint density at radius 1 is 0.923 bits per heavy atom. The summed E-state index contributed by atoms with van der Waals surface area (Å²) in [5.74, 6) is 1.76. The lowest BCUT2D eigenvalue weighted by atomic mass is 10.2. The summed E-state index contributed by atoms with van der Waals surface area (Å²) in [4.78, 5) is 13.5. The molecule has 132 valence electrons. The van der Waals surface area contributed by atoms with Gasteiger partial charge in [-0.2, -0.15) is 5.10 Å². The molecule has 1 fully saturated rings. The number of hydrogen-bond acceptors (Lipinski definition) is 5. The summed E-state index contributed by atoms with van der Waals surface area (Å²) in [6, 6.07) is 14.3. The maximum Gasteiger partial charge on any atom is 0.158 e. The first-order valence-corrected chi connectivity index (χ1v) is 8.89. The molecule has 3 aromatic rings. The van der Waals surface area contributed by atoms with Crippen LogP contribution in [0.2, 0.25) is 0 Å². The van der Waals surface area contributed by atoms with Crippen molar-refractivity contribution in [3.05, 3.63) is 72.8 Å². The molecule has 0 spiro atoms. The quantitative estimate of drug-likeness (QED) is 0.710. The number of anilines is 1. The van der Waals surface area contributed by atoms with Crippen LogP contribution in [0, 0.1) is 0 Å². The Balaban J connectivity index is 1.32. The minimum atomic E-state index is 0.799. The monoisotopic (exact) mass is 346 g/mol. The molecule has 6 nitrogen and oxygen atoms in total. The van der Waals surface area contributed by atoms with Crippen LogP contribution in [0.4, 0.5) is 5.82 Å². The number of aromatic nitrogens is 4. The van der Waals surface area contributed by atoms with E-state index in [-0.39, 0.29) is 0 Å². The van der Waals surface area contributed by atoms with Crippen molar-refractivity contribution in [2.24, 2.45) is 0 Å². The van der Waals surface area contributed by atoms with E-state index in [1.165, 1.54) is 5.56 Å². The first-order valence-electron chi connectivity index (χ1n) is 8.89. The van der Waals surface area contributed by atoms with Gasteiger partial charge in [-0.3, -0.25) is 4.90 Å². The molecule has 0 amide bonds. The highest BCUT2D eigenvalue weighted by atomic mass is 15.3. The lowest BCUT2D eigenvalue weighted by Gasteiger charge is -2.34. The van der Waals surface area contributed by atoms with Crippen molar-refractivity contribution in [2.45, 2.75) is 0 Å². The van der Waals surface area contributed by atoms with Crippen LogP contribution in [-0.4, -0.2) is 57.4 Å². The molecule has 3 heterocycles. The summed E-state index contributed by atoms with van der Waals surface area (Å²) < 4.78 is 1.76. The fourth-order valence-electron chi connectivity index (χ4n) is 3.10. The van der Waals surface area contributed by atoms with Crippen LogP contribution < -0.4 is 4.90 Å². The van der Waals surface area contributed by atoms with Gasteiger partial charge in [-0.15, -0.1) is 0 Å². The third kappa shape index (κ3) is 3.97. The predicted molar refractivity (Wildman–Crippen MR) is 103 cm³/mol. The molecule has 0 N–H and O–H groups in total. The zero-order chi connectivity index (χ0) is 17.6. The molecule has 1 saturated heterocycles. The molecule has 0 radical (unpaired) electrons. The molecular weight excluding hydrogens is 324 g/mol. The van der Waals surface area contributed by atoms with Crippen molar-refractivity contribution in [1.29, 1.82) is 0 Å². The first kappa shape index (κ1) is 16.5. The topological polar surface area (TPSA) is 50.1 Å². The molecule has 6 heteroatoms. The number of rotatable bonds is 5. The standard InChI is InChI=1S/C20H22N6/c1-2-6-18(7-3-1)8-4-10-24-12-14-25(15-13-24)19-16-20(22-17-21-19)26-11-5-9-23-26/h1-9,11,16-17H,10,12-15H2. The number of benzene rings is 1. The molecular formula is C20H22N6. The van der Waals surface area contributed by atoms with E-state index in [9.17, 15) is 0 Å². The Morgan fingerprint density at radius 3 is 2.50 bits per heavy atom. The van der Waals surface area contributed by atoms with Gasteiger partial charge in [-0.25, -0.2) is 14.6 Å². The SMILES string of the molecule is C(=Cc1ccccc1)CN1CCN(c2cc(-n3cccn3)ncn2)CC1. The molecule has 2 aromatic heterocycles. The number of hydrogen-bond donors (Lipinski definition) is 0. The van der Waals surface area contributed by atoms with Crippen LogP contribution in [0.3, 0.4) is 0 Å². The van der Waals surface area contributed by atoms with Gasteiger partial charge in [-0.05, 0) is 11.6 Å². The van der Waals surface area contributed by atoms with E-state index in [1.54, 1.807) is 17.2 Å². The van der Waals surface area contributed by atoms with Crippen molar-refractivity contribution in [3.63, 3.8) is 0 Å². The maximum absolute atomic E-state index is 4.44. The minimum absolute atomic E-state index is 0.799. The molecule has 26 heavy (non-hydrogen) atoms. The average Bonchev–Trinajstić information content (AvgIpc) is 3.24. The smallest absolute Gasteiger partial charge is 0.158 e. The highest BCUT2D eigenvalue weighted by Gasteiger charge is 2.17. The summed E-state index contributed by atoms with van der Waals surface area (Å²) in [7, 11) is 0. The molecule has 4 rings (SSSR count). The van der Waals surface area contributed by atoms with Crippen molar-refractivity contribution < 1.29 is 0 Å². The second-order valence-corrected chi connectivity index (χ2v) is 6.29. The Hall–Kier alpha value is -2.99. The van der Waals surface area contributed by atoms with Crippen molar-refractivity contribution in [2.75, 3.05) is 37.6 Å². The van der Waals surface area contributed by atoms with Gasteiger partial charge >= 0.3 is 0 Å². The molecule has 1 aromatic carbocycles. The fraction of sp³-hybridized carbons (Fsp3) is 0.250. The van der Waals surface area contributed by atoms with Crippen LogP contribution in [0.25, 0.3) is 11.9 Å². The van der Waals surface area contributed by atoms with Crippen molar-refractivity contribution in [1.82, 2.24) is 24.6 Å². The Labute approximate surface area is 153 Å². The van der Waals surface area contributed by atoms with Crippen molar-refractivity contribution in [3.8, 4) is 5.82 Å². The van der Waals surface area contributed by atoms with Crippen LogP contribution >= 0.6 is 0 Å². The van der Waals surface area contributed by atoms with E-state index in [0.29, 0.717) is 0 Å². The Morgan fingerprint density at radius 2 is 1.73 bits per heavy atom. The van der Waals surface area contributed by atoms with Crippen LogP contribution in [-0.2, 0) is 0 Å². The average molecular weight is 346 g/mol. The molecule has 1 aliphatic heterocycles. The Kier molecular flexibility index (Phi) is 5.02. The summed E-state index contributed by atoms with van der Waals surface area (Å²) in [6.07, 6.45) is 9.69. The fourth-order valence-corrected chi connectivity index (χ4v) is 3.10. The van der Waals surface area contributed by atoms with E-state index in [2.05, 4.69) is 61.3 Å². The zero-order valence-electron chi connectivity index (χ0n) is 14.6. The minimum Gasteiger partial charge on any atom is -0.354 e. The summed E-state index contributed by atoms with van der Waals surface area (Å²) >= 11 is 0. The third-order valence-corrected chi connectivity index (χ3v) is 4.55. The highest BCUT2D eigenvalue weighted by molar-refractivity contribution is 5.49. The second-order valence-electron chi connectivity index (χ2n) is 6.29. The second kappa shape index (κ2) is 7.93. The first-order chi connectivity index (χ1) is 12.9.